The molecule has 3 rings (SSSR count). The number of unbranched alkanes of at least 4 members (excludes halogenated alkanes) is 18. The maximum absolute atomic E-state index is 10.6. The van der Waals surface area contributed by atoms with Gasteiger partial charge in [-0.2, -0.15) is 0 Å². The zero-order chi connectivity index (χ0) is 50.2. The average molecular weight is 1010 g/mol. The number of halogens is 2. The van der Waals surface area contributed by atoms with Crippen LogP contribution in [0.3, 0.4) is 0 Å². The number of hydrogen-bond donors (Lipinski definition) is 4. The smallest absolute Gasteiger partial charge is 0.302 e. The van der Waals surface area contributed by atoms with Crippen LogP contribution in [0.4, 0.5) is 11.4 Å². The van der Waals surface area contributed by atoms with Crippen molar-refractivity contribution in [2.45, 2.75) is 212 Å². The third-order valence-electron chi connectivity index (χ3n) is 12.1. The molecule has 0 saturated carbocycles. The molecule has 0 aromatic heterocycles. The van der Waals surface area contributed by atoms with Crippen LogP contribution in [-0.4, -0.2) is 102 Å². The predicted octanol–water partition coefficient (Wildman–Crippen LogP) is 12.7. The van der Waals surface area contributed by atoms with Gasteiger partial charge < -0.3 is 39.7 Å². The van der Waals surface area contributed by atoms with E-state index in [2.05, 4.69) is 72.8 Å². The summed E-state index contributed by atoms with van der Waals surface area (Å²) in [5, 5.41) is 39.7. The van der Waals surface area contributed by atoms with Gasteiger partial charge in [-0.3, -0.25) is 9.59 Å². The SMILES string of the molecule is C#CCCCCCCCCCCCC(O)CC(O)COC(C)=O.C=CCCCCCCCCCCCC(O)CC(O)COC(C)=O.CN(C)CCCN1c2ccccc2CCc2ccc(Cl)cc21.Cl. The number of para-hydroxylation sites is 1. The van der Waals surface area contributed by atoms with E-state index in [1.165, 1.54) is 120 Å². The topological polar surface area (TPSA) is 140 Å². The Balaban J connectivity index is 0.000000998. The second-order valence-corrected chi connectivity index (χ2v) is 19.3. The van der Waals surface area contributed by atoms with Gasteiger partial charge in [0.05, 0.1) is 24.4 Å². The van der Waals surface area contributed by atoms with Gasteiger partial charge in [0.1, 0.15) is 13.2 Å². The molecule has 394 valence electrons. The summed E-state index contributed by atoms with van der Waals surface area (Å²) in [5.74, 6) is 1.86. The van der Waals surface area contributed by atoms with Gasteiger partial charge in [-0.15, -0.1) is 31.3 Å². The molecule has 0 radical (unpaired) electrons. The Labute approximate surface area is 430 Å². The lowest BCUT2D eigenvalue weighted by Crippen LogP contribution is -2.24. The van der Waals surface area contributed by atoms with Crippen molar-refractivity contribution in [3.63, 3.8) is 0 Å². The van der Waals surface area contributed by atoms with Gasteiger partial charge in [0, 0.05) is 56.1 Å². The largest absolute Gasteiger partial charge is 0.463 e. The van der Waals surface area contributed by atoms with Crippen molar-refractivity contribution in [1.82, 2.24) is 4.90 Å². The summed E-state index contributed by atoms with van der Waals surface area (Å²) in [7, 11) is 4.25. The van der Waals surface area contributed by atoms with Crippen LogP contribution in [0, 0.1) is 12.3 Å². The Morgan fingerprint density at radius 1 is 0.681 bits per heavy atom. The number of carbonyl (C=O) groups is 2. The molecule has 2 aromatic carbocycles. The molecule has 4 N–H and O–H groups in total. The predicted molar refractivity (Wildman–Crippen MR) is 290 cm³/mol. The number of esters is 2. The number of benzene rings is 2. The van der Waals surface area contributed by atoms with Crippen molar-refractivity contribution in [2.24, 2.45) is 0 Å². The maximum Gasteiger partial charge on any atom is 0.302 e. The number of ether oxygens (including phenoxy) is 2. The van der Waals surface area contributed by atoms with Crippen molar-refractivity contribution in [2.75, 3.05) is 45.3 Å². The van der Waals surface area contributed by atoms with Crippen LogP contribution in [0.2, 0.25) is 5.02 Å². The highest BCUT2D eigenvalue weighted by molar-refractivity contribution is 6.30. The Hall–Kier alpha value is -3.14. The maximum atomic E-state index is 10.6. The highest BCUT2D eigenvalue weighted by Gasteiger charge is 2.21. The first-order valence-electron chi connectivity index (χ1n) is 26.1. The fourth-order valence-corrected chi connectivity index (χ4v) is 8.51. The number of anilines is 2. The average Bonchev–Trinajstić information content (AvgIpc) is 3.45. The van der Waals surface area contributed by atoms with Crippen LogP contribution in [0.5, 0.6) is 0 Å². The third kappa shape index (κ3) is 36.4. The van der Waals surface area contributed by atoms with Crippen molar-refractivity contribution in [3.05, 3.63) is 71.3 Å². The van der Waals surface area contributed by atoms with Gasteiger partial charge in [0.15, 0.2) is 0 Å². The number of rotatable bonds is 35. The Morgan fingerprint density at radius 2 is 1.13 bits per heavy atom. The summed E-state index contributed by atoms with van der Waals surface area (Å²) in [6.07, 6.45) is 33.8. The van der Waals surface area contributed by atoms with E-state index >= 15 is 0 Å². The number of terminal acetylenes is 1. The van der Waals surface area contributed by atoms with Gasteiger partial charge in [0.2, 0.25) is 0 Å². The number of nitrogens with zero attached hydrogens (tertiary/aromatic N) is 2. The molecule has 69 heavy (non-hydrogen) atoms. The molecule has 12 heteroatoms. The normalized spacial score (nSPS) is 13.3. The molecule has 10 nitrogen and oxygen atoms in total. The zero-order valence-electron chi connectivity index (χ0n) is 43.2. The first kappa shape index (κ1) is 65.9. The van der Waals surface area contributed by atoms with Gasteiger partial charge in [0.25, 0.3) is 0 Å². The van der Waals surface area contributed by atoms with E-state index in [9.17, 15) is 30.0 Å². The highest BCUT2D eigenvalue weighted by atomic mass is 35.5. The first-order valence-corrected chi connectivity index (χ1v) is 26.5. The number of hydrogen-bond acceptors (Lipinski definition) is 10. The fraction of sp³-hybridized carbons (Fsp3) is 0.684. The van der Waals surface area contributed by atoms with E-state index in [-0.39, 0.29) is 38.5 Å². The quantitative estimate of drug-likeness (QED) is 0.0228. The lowest BCUT2D eigenvalue weighted by Gasteiger charge is -2.27. The van der Waals surface area contributed by atoms with Crippen LogP contribution < -0.4 is 4.90 Å². The molecule has 0 bridgehead atoms. The molecular weight excluding hydrogens is 912 g/mol. The third-order valence-corrected chi connectivity index (χ3v) is 12.4. The summed E-state index contributed by atoms with van der Waals surface area (Å²) in [5.41, 5.74) is 5.43. The van der Waals surface area contributed by atoms with E-state index in [4.69, 9.17) is 27.5 Å². The molecule has 1 aliphatic rings. The van der Waals surface area contributed by atoms with E-state index in [1.807, 2.05) is 12.1 Å². The van der Waals surface area contributed by atoms with E-state index in [0.717, 1.165) is 82.3 Å². The molecule has 0 spiro atoms. The molecule has 4 unspecified atom stereocenters. The minimum atomic E-state index is -0.775. The summed E-state index contributed by atoms with van der Waals surface area (Å²) in [4.78, 5) is 25.9. The summed E-state index contributed by atoms with van der Waals surface area (Å²) in [6.45, 7) is 8.39. The van der Waals surface area contributed by atoms with E-state index in [1.54, 1.807) is 0 Å². The Kier molecular flexibility index (Phi) is 41.6. The Morgan fingerprint density at radius 3 is 1.59 bits per heavy atom. The molecule has 0 saturated heterocycles. The molecule has 0 fully saturated rings. The van der Waals surface area contributed by atoms with Crippen molar-refractivity contribution < 1.29 is 39.5 Å². The second-order valence-electron chi connectivity index (χ2n) is 18.9. The lowest BCUT2D eigenvalue weighted by molar-refractivity contribution is -0.145. The first-order chi connectivity index (χ1) is 32.8. The van der Waals surface area contributed by atoms with Gasteiger partial charge in [-0.25, -0.2) is 0 Å². The van der Waals surface area contributed by atoms with Crippen molar-refractivity contribution in [1.29, 1.82) is 0 Å². The molecule has 1 heterocycles. The number of aryl methyl sites for hydroxylation is 2. The van der Waals surface area contributed by atoms with Crippen LogP contribution in [0.25, 0.3) is 0 Å². The number of carbonyl (C=O) groups excluding carboxylic acids is 2. The lowest BCUT2D eigenvalue weighted by atomic mass is 10.0. The van der Waals surface area contributed by atoms with Crippen LogP contribution in [-0.2, 0) is 31.9 Å². The van der Waals surface area contributed by atoms with E-state index in [0.29, 0.717) is 12.8 Å². The van der Waals surface area contributed by atoms with Crippen LogP contribution >= 0.6 is 24.0 Å². The van der Waals surface area contributed by atoms with Crippen LogP contribution in [0.15, 0.2) is 55.1 Å². The minimum absolute atomic E-state index is 0. The zero-order valence-corrected chi connectivity index (χ0v) is 44.8. The number of aliphatic hydroxyl groups is 4. The fourth-order valence-electron chi connectivity index (χ4n) is 8.35. The summed E-state index contributed by atoms with van der Waals surface area (Å²) in [6, 6.07) is 15.1. The number of allylic oxidation sites excluding steroid dienone is 1. The minimum Gasteiger partial charge on any atom is -0.463 e. The second kappa shape index (κ2) is 43.6. The molecular formula is C57H94Cl2N2O8. The summed E-state index contributed by atoms with van der Waals surface area (Å²) < 4.78 is 9.42. The van der Waals surface area contributed by atoms with E-state index < -0.39 is 36.4 Å². The molecule has 0 aliphatic carbocycles. The van der Waals surface area contributed by atoms with Crippen molar-refractivity contribution in [3.8, 4) is 12.3 Å². The number of aliphatic hydroxyl groups excluding tert-OH is 4. The summed E-state index contributed by atoms with van der Waals surface area (Å²) >= 11 is 6.27. The monoisotopic (exact) mass is 1000 g/mol. The standard InChI is InChI=1S/C19H23ClN2.C19H36O4.C19H34O4.ClH/c1-21(2)12-5-13-22-18-7-4-3-6-15(18)8-9-16-10-11-17(20)14-19(16)22;2*1-3-4-5-6-7-8-9-10-11-12-13-14-18(21)15-19(22)16-23-17(2)20;/h3-4,6-7,10-11,14H,5,8-9,12-13H2,1-2H3;3,18-19,21-22H,1,4-16H2,2H3;1,18-19,21-22H,4-16H2,2H3;1H. The molecule has 4 atom stereocenters. The molecule has 1 aliphatic heterocycles. The molecule has 0 amide bonds. The van der Waals surface area contributed by atoms with Gasteiger partial charge in [-0.05, 0) is 101 Å². The van der Waals surface area contributed by atoms with Crippen LogP contribution in [0.1, 0.15) is 185 Å². The number of fused-ring (bicyclic) bond motifs is 2. The molecule has 2 aromatic rings. The van der Waals surface area contributed by atoms with Gasteiger partial charge >= 0.3 is 11.9 Å². The van der Waals surface area contributed by atoms with Gasteiger partial charge in [-0.1, -0.05) is 145 Å². The highest BCUT2D eigenvalue weighted by Crippen LogP contribution is 2.37. The Bertz CT molecular complexity index is 1640. The van der Waals surface area contributed by atoms with Crippen molar-refractivity contribution >= 4 is 47.3 Å².